The number of methoxy groups -OCH3 is 2. The fraction of sp³-hybridized carbons (Fsp3) is 0.280. The van der Waals surface area contributed by atoms with Crippen molar-refractivity contribution in [2.24, 2.45) is 5.73 Å². The molecule has 172 valence electrons. The Morgan fingerprint density at radius 1 is 1.06 bits per heavy atom. The van der Waals surface area contributed by atoms with Crippen LogP contribution in [0.15, 0.2) is 47.8 Å². The van der Waals surface area contributed by atoms with Crippen molar-refractivity contribution in [3.63, 3.8) is 0 Å². The summed E-state index contributed by atoms with van der Waals surface area (Å²) in [6, 6.07) is 13.3. The predicted octanol–water partition coefficient (Wildman–Crippen LogP) is 3.64. The highest BCUT2D eigenvalue weighted by Gasteiger charge is 2.23. The van der Waals surface area contributed by atoms with E-state index in [1.807, 2.05) is 17.5 Å². The molecule has 3 N–H and O–H groups in total. The zero-order valence-corrected chi connectivity index (χ0v) is 19.4. The molecular weight excluding hydrogens is 440 g/mol. The van der Waals surface area contributed by atoms with Gasteiger partial charge in [0.15, 0.2) is 18.1 Å². The van der Waals surface area contributed by atoms with Crippen LogP contribution in [-0.2, 0) is 17.6 Å². The van der Waals surface area contributed by atoms with E-state index in [-0.39, 0.29) is 35.8 Å². The lowest BCUT2D eigenvalue weighted by molar-refractivity contribution is -0.120. The van der Waals surface area contributed by atoms with Gasteiger partial charge in [0.25, 0.3) is 11.8 Å². The maximum absolute atomic E-state index is 13.3. The van der Waals surface area contributed by atoms with E-state index in [4.69, 9.17) is 19.9 Å². The maximum Gasteiger partial charge on any atom is 0.255 e. The molecule has 0 saturated carbocycles. The van der Waals surface area contributed by atoms with Crippen LogP contribution in [-0.4, -0.2) is 32.6 Å². The second kappa shape index (κ2) is 9.95. The summed E-state index contributed by atoms with van der Waals surface area (Å²) in [4.78, 5) is 25.5. The Hall–Kier alpha value is -3.52. The summed E-state index contributed by atoms with van der Waals surface area (Å²) in [7, 11) is 2.90. The van der Waals surface area contributed by atoms with Gasteiger partial charge in [-0.05, 0) is 59.5 Å². The summed E-state index contributed by atoms with van der Waals surface area (Å²) in [5.74, 6) is -0.165. The third-order valence-corrected chi connectivity index (χ3v) is 6.58. The minimum atomic E-state index is -0.630. The Labute approximate surface area is 196 Å². The molecule has 0 spiro atoms. The monoisotopic (exact) mass is 466 g/mol. The molecule has 33 heavy (non-hydrogen) atoms. The Balaban J connectivity index is 1.65. The lowest BCUT2D eigenvalue weighted by Crippen LogP contribution is -2.29. The molecule has 1 aromatic heterocycles. The number of carbonyl (C=O) groups excluding carboxylic acids is 2. The van der Waals surface area contributed by atoms with Crippen molar-refractivity contribution < 1.29 is 23.8 Å². The molecule has 0 fully saturated rings. The molecular formula is C25H26N2O5S. The van der Waals surface area contributed by atoms with Gasteiger partial charge < -0.3 is 25.3 Å². The molecule has 7 nitrogen and oxygen atoms in total. The van der Waals surface area contributed by atoms with E-state index in [9.17, 15) is 9.59 Å². The van der Waals surface area contributed by atoms with Crippen molar-refractivity contribution in [1.29, 1.82) is 0 Å². The topological polar surface area (TPSA) is 99.9 Å². The highest BCUT2D eigenvalue weighted by Crippen LogP contribution is 2.39. The molecule has 2 aromatic carbocycles. The average Bonchev–Trinajstić information content (AvgIpc) is 3.52. The van der Waals surface area contributed by atoms with Crippen molar-refractivity contribution in [2.75, 3.05) is 20.8 Å². The van der Waals surface area contributed by atoms with Crippen LogP contribution >= 0.6 is 11.3 Å². The largest absolute Gasteiger partial charge is 0.493 e. The SMILES string of the molecule is COc1cc(C(=O)N[C@@H](c2ccc3c(c2)CCC3)c2cccs2)cc(OC)c1OCC(N)=O. The van der Waals surface area contributed by atoms with Crippen molar-refractivity contribution in [1.82, 2.24) is 5.32 Å². The molecule has 4 rings (SSSR count). The summed E-state index contributed by atoms with van der Waals surface area (Å²) in [5, 5.41) is 5.16. The first kappa shape index (κ1) is 22.7. The number of carbonyl (C=O) groups is 2. The van der Waals surface area contributed by atoms with E-state index in [0.29, 0.717) is 5.56 Å². The van der Waals surface area contributed by atoms with Gasteiger partial charge in [0.05, 0.1) is 20.3 Å². The van der Waals surface area contributed by atoms with Gasteiger partial charge in [-0.2, -0.15) is 0 Å². The third-order valence-electron chi connectivity index (χ3n) is 5.64. The van der Waals surface area contributed by atoms with Crippen LogP contribution in [0.3, 0.4) is 0 Å². The molecule has 0 aliphatic heterocycles. The Bertz CT molecular complexity index is 1130. The van der Waals surface area contributed by atoms with E-state index in [1.165, 1.54) is 31.8 Å². The fourth-order valence-corrected chi connectivity index (χ4v) is 4.86. The lowest BCUT2D eigenvalue weighted by Gasteiger charge is -2.20. The lowest BCUT2D eigenvalue weighted by atomic mass is 9.99. The normalized spacial score (nSPS) is 13.2. The van der Waals surface area contributed by atoms with Gasteiger partial charge >= 0.3 is 0 Å². The van der Waals surface area contributed by atoms with Gasteiger partial charge in [0, 0.05) is 10.4 Å². The van der Waals surface area contributed by atoms with Crippen LogP contribution in [0.25, 0.3) is 0 Å². The number of primary amides is 1. The first-order valence-electron chi connectivity index (χ1n) is 10.6. The number of amides is 2. The van der Waals surface area contributed by atoms with Crippen LogP contribution in [0.1, 0.15) is 44.4 Å². The molecule has 3 aromatic rings. The van der Waals surface area contributed by atoms with E-state index in [2.05, 4.69) is 23.5 Å². The number of thiophene rings is 1. The van der Waals surface area contributed by atoms with Gasteiger partial charge in [0.2, 0.25) is 5.75 Å². The summed E-state index contributed by atoms with van der Waals surface area (Å²) < 4.78 is 16.2. The summed E-state index contributed by atoms with van der Waals surface area (Å²) in [6.07, 6.45) is 3.34. The Morgan fingerprint density at radius 2 is 1.79 bits per heavy atom. The van der Waals surface area contributed by atoms with Crippen molar-refractivity contribution in [3.05, 3.63) is 75.0 Å². The first-order valence-corrected chi connectivity index (χ1v) is 11.5. The van der Waals surface area contributed by atoms with E-state index in [0.717, 1.165) is 23.3 Å². The minimum absolute atomic E-state index is 0.212. The molecule has 0 radical (unpaired) electrons. The molecule has 0 bridgehead atoms. The Morgan fingerprint density at radius 3 is 2.42 bits per heavy atom. The highest BCUT2D eigenvalue weighted by molar-refractivity contribution is 7.10. The van der Waals surface area contributed by atoms with Crippen LogP contribution < -0.4 is 25.3 Å². The standard InChI is InChI=1S/C25H26N2O5S/c1-30-19-12-18(13-20(31-2)24(19)32-14-22(26)28)25(29)27-23(21-7-4-10-33-21)17-9-8-15-5-3-6-16(15)11-17/h4,7-13,23H,3,5-6,14H2,1-2H3,(H2,26,28)(H,27,29)/t23-/m0/s1. The molecule has 8 heteroatoms. The number of nitrogens with one attached hydrogen (secondary N) is 1. The molecule has 1 aliphatic carbocycles. The van der Waals surface area contributed by atoms with Crippen LogP contribution in [0, 0.1) is 0 Å². The molecule has 1 atom stereocenters. The number of hydrogen-bond donors (Lipinski definition) is 2. The van der Waals surface area contributed by atoms with Gasteiger partial charge in [-0.25, -0.2) is 0 Å². The fourth-order valence-electron chi connectivity index (χ4n) is 4.06. The number of nitrogens with two attached hydrogens (primary N) is 1. The molecule has 2 amide bonds. The number of fused-ring (bicyclic) bond motifs is 1. The van der Waals surface area contributed by atoms with Gasteiger partial charge in [-0.1, -0.05) is 24.3 Å². The van der Waals surface area contributed by atoms with E-state index >= 15 is 0 Å². The molecule has 0 saturated heterocycles. The van der Waals surface area contributed by atoms with Gasteiger partial charge in [0.1, 0.15) is 0 Å². The van der Waals surface area contributed by atoms with Crippen molar-refractivity contribution in [3.8, 4) is 17.2 Å². The summed E-state index contributed by atoms with van der Waals surface area (Å²) in [6.45, 7) is -0.336. The maximum atomic E-state index is 13.3. The van der Waals surface area contributed by atoms with Gasteiger partial charge in [-0.3, -0.25) is 9.59 Å². The number of benzene rings is 2. The zero-order valence-electron chi connectivity index (χ0n) is 18.6. The third kappa shape index (κ3) is 4.96. The zero-order chi connectivity index (χ0) is 23.4. The van der Waals surface area contributed by atoms with Crippen molar-refractivity contribution >= 4 is 23.2 Å². The second-order valence-corrected chi connectivity index (χ2v) is 8.75. The van der Waals surface area contributed by atoms with Crippen molar-refractivity contribution in [2.45, 2.75) is 25.3 Å². The smallest absolute Gasteiger partial charge is 0.255 e. The number of ether oxygens (including phenoxy) is 3. The first-order chi connectivity index (χ1) is 16.0. The number of rotatable bonds is 9. The Kier molecular flexibility index (Phi) is 6.84. The minimum Gasteiger partial charge on any atom is -0.493 e. The van der Waals surface area contributed by atoms with E-state index < -0.39 is 5.91 Å². The molecule has 1 aliphatic rings. The van der Waals surface area contributed by atoms with Crippen LogP contribution in [0.4, 0.5) is 0 Å². The predicted molar refractivity (Wildman–Crippen MR) is 126 cm³/mol. The number of hydrogen-bond acceptors (Lipinski definition) is 6. The summed E-state index contributed by atoms with van der Waals surface area (Å²) >= 11 is 1.60. The second-order valence-electron chi connectivity index (χ2n) is 7.77. The highest BCUT2D eigenvalue weighted by atomic mass is 32.1. The molecule has 0 unspecified atom stereocenters. The van der Waals surface area contributed by atoms with Gasteiger partial charge in [-0.15, -0.1) is 11.3 Å². The van der Waals surface area contributed by atoms with Crippen LogP contribution in [0.5, 0.6) is 17.2 Å². The molecule has 1 heterocycles. The number of aryl methyl sites for hydroxylation is 2. The summed E-state index contributed by atoms with van der Waals surface area (Å²) in [5.41, 5.74) is 9.31. The van der Waals surface area contributed by atoms with Crippen LogP contribution in [0.2, 0.25) is 0 Å². The van der Waals surface area contributed by atoms with E-state index in [1.54, 1.807) is 23.5 Å². The quantitative estimate of drug-likeness (QED) is 0.502. The average molecular weight is 467 g/mol.